The molecule has 2 heterocycles. The number of benzene rings is 1. The maximum absolute atomic E-state index is 14.0. The maximum atomic E-state index is 14.0. The van der Waals surface area contributed by atoms with Gasteiger partial charge in [-0.05, 0) is 13.0 Å². The van der Waals surface area contributed by atoms with Crippen LogP contribution in [0.3, 0.4) is 0 Å². The summed E-state index contributed by atoms with van der Waals surface area (Å²) >= 11 is 0. The molecule has 28 heavy (non-hydrogen) atoms. The Bertz CT molecular complexity index is 761. The average molecular weight is 390 g/mol. The molecule has 0 spiro atoms. The van der Waals surface area contributed by atoms with E-state index in [1.54, 1.807) is 23.2 Å². The zero-order valence-corrected chi connectivity index (χ0v) is 16.4. The van der Waals surface area contributed by atoms with Crippen molar-refractivity contribution in [3.05, 3.63) is 53.9 Å². The molecule has 8 heteroatoms. The molecule has 2 aromatic rings. The van der Waals surface area contributed by atoms with Gasteiger partial charge in [-0.25, -0.2) is 14.2 Å². The Hall–Kier alpha value is -2.45. The minimum atomic E-state index is -0.237. The smallest absolute Gasteiger partial charge is 0.318 e. The summed E-state index contributed by atoms with van der Waals surface area (Å²) in [5, 5.41) is 2.88. The fraction of sp³-hybridized carbons (Fsp3) is 0.500. The van der Waals surface area contributed by atoms with Gasteiger partial charge in [0.15, 0.2) is 0 Å². The number of morpholine rings is 1. The number of nitrogens with one attached hydrogen (secondary N) is 2. The van der Waals surface area contributed by atoms with Crippen molar-refractivity contribution < 1.29 is 18.8 Å². The molecule has 2 amide bonds. The summed E-state index contributed by atoms with van der Waals surface area (Å²) in [5.41, 5.74) is 0.601. The van der Waals surface area contributed by atoms with Crippen LogP contribution in [0.15, 0.2) is 36.7 Å². The first-order chi connectivity index (χ1) is 13.7. The number of carbonyl (C=O) groups is 1. The van der Waals surface area contributed by atoms with Crippen molar-refractivity contribution in [3.63, 3.8) is 0 Å². The second kappa shape index (κ2) is 10.2. The third kappa shape index (κ3) is 5.53. The molecular weight excluding hydrogens is 361 g/mol. The lowest BCUT2D eigenvalue weighted by Crippen LogP contribution is -3.14. The highest BCUT2D eigenvalue weighted by Crippen LogP contribution is 2.11. The Morgan fingerprint density at radius 2 is 2.14 bits per heavy atom. The average Bonchev–Trinajstić information content (AvgIpc) is 3.14. The van der Waals surface area contributed by atoms with Gasteiger partial charge in [-0.3, -0.25) is 0 Å². The largest absolute Gasteiger partial charge is 0.370 e. The van der Waals surface area contributed by atoms with Crippen LogP contribution in [-0.2, 0) is 17.8 Å². The number of urea groups is 1. The molecule has 1 aliphatic rings. The SMILES string of the molecule is CCNC(=O)N(CC[NH+]1CCOCC1)Cc1nccn1Cc1ccccc1F. The van der Waals surface area contributed by atoms with Gasteiger partial charge in [-0.2, -0.15) is 0 Å². The predicted molar refractivity (Wildman–Crippen MR) is 104 cm³/mol. The number of hydrogen-bond donors (Lipinski definition) is 2. The number of imidazole rings is 1. The molecule has 1 saturated heterocycles. The van der Waals surface area contributed by atoms with Gasteiger partial charge in [0.05, 0.1) is 39.4 Å². The van der Waals surface area contributed by atoms with Crippen LogP contribution in [0.4, 0.5) is 9.18 Å². The van der Waals surface area contributed by atoms with Crippen LogP contribution >= 0.6 is 0 Å². The van der Waals surface area contributed by atoms with Crippen LogP contribution < -0.4 is 10.2 Å². The van der Waals surface area contributed by atoms with Gasteiger partial charge in [0.25, 0.3) is 0 Å². The van der Waals surface area contributed by atoms with Gasteiger partial charge in [-0.15, -0.1) is 0 Å². The van der Waals surface area contributed by atoms with E-state index < -0.39 is 0 Å². The Kier molecular flexibility index (Phi) is 7.39. The first-order valence-corrected chi connectivity index (χ1v) is 9.85. The van der Waals surface area contributed by atoms with E-state index in [1.807, 2.05) is 23.8 Å². The standard InChI is InChI=1S/C20H28FN5O2/c1-2-22-20(27)26(10-9-24-11-13-28-14-12-24)16-19-23-7-8-25(19)15-17-5-3-4-6-18(17)21/h3-8H,2,9-16H2,1H3,(H,22,27)/p+1. The molecule has 1 aromatic heterocycles. The highest BCUT2D eigenvalue weighted by Gasteiger charge is 2.20. The van der Waals surface area contributed by atoms with E-state index in [0.29, 0.717) is 31.7 Å². The van der Waals surface area contributed by atoms with E-state index in [1.165, 1.54) is 11.0 Å². The van der Waals surface area contributed by atoms with E-state index in [9.17, 15) is 9.18 Å². The molecule has 0 unspecified atom stereocenters. The number of ether oxygens (including phenoxy) is 1. The molecule has 3 rings (SSSR count). The van der Waals surface area contributed by atoms with E-state index in [0.717, 1.165) is 38.7 Å². The first-order valence-electron chi connectivity index (χ1n) is 9.85. The van der Waals surface area contributed by atoms with Gasteiger partial charge >= 0.3 is 6.03 Å². The fourth-order valence-electron chi connectivity index (χ4n) is 3.34. The summed E-state index contributed by atoms with van der Waals surface area (Å²) in [6, 6.07) is 6.62. The highest BCUT2D eigenvalue weighted by atomic mass is 19.1. The molecular formula is C20H29FN5O2+. The third-order valence-electron chi connectivity index (χ3n) is 4.98. The van der Waals surface area contributed by atoms with Crippen LogP contribution in [0.5, 0.6) is 0 Å². The molecule has 152 valence electrons. The summed E-state index contributed by atoms with van der Waals surface area (Å²) in [6.07, 6.45) is 3.52. The summed E-state index contributed by atoms with van der Waals surface area (Å²) in [4.78, 5) is 20.2. The van der Waals surface area contributed by atoms with Crippen molar-refractivity contribution in [2.24, 2.45) is 0 Å². The minimum absolute atomic E-state index is 0.101. The number of hydrogen-bond acceptors (Lipinski definition) is 3. The van der Waals surface area contributed by atoms with Crippen LogP contribution in [0, 0.1) is 5.82 Å². The van der Waals surface area contributed by atoms with Crippen molar-refractivity contribution in [3.8, 4) is 0 Å². The summed E-state index contributed by atoms with van der Waals surface area (Å²) < 4.78 is 21.3. The molecule has 0 saturated carbocycles. The van der Waals surface area contributed by atoms with Crippen LogP contribution in [0.25, 0.3) is 0 Å². The van der Waals surface area contributed by atoms with Gasteiger partial charge in [0, 0.05) is 24.5 Å². The van der Waals surface area contributed by atoms with Crippen molar-refractivity contribution in [1.29, 1.82) is 0 Å². The lowest BCUT2D eigenvalue weighted by atomic mass is 10.2. The van der Waals surface area contributed by atoms with Crippen LogP contribution in [0.1, 0.15) is 18.3 Å². The Morgan fingerprint density at radius 1 is 1.36 bits per heavy atom. The third-order valence-corrected chi connectivity index (χ3v) is 4.98. The number of nitrogens with zero attached hydrogens (tertiary/aromatic N) is 3. The van der Waals surface area contributed by atoms with Crippen molar-refractivity contribution >= 4 is 6.03 Å². The predicted octanol–water partition coefficient (Wildman–Crippen LogP) is 0.517. The van der Waals surface area contributed by atoms with Gasteiger partial charge < -0.3 is 24.4 Å². The van der Waals surface area contributed by atoms with E-state index >= 15 is 0 Å². The molecule has 1 fully saturated rings. The molecule has 7 nitrogen and oxygen atoms in total. The number of amides is 2. The quantitative estimate of drug-likeness (QED) is 0.691. The molecule has 0 atom stereocenters. The van der Waals surface area contributed by atoms with Crippen LogP contribution in [0.2, 0.25) is 0 Å². The number of rotatable bonds is 8. The summed E-state index contributed by atoms with van der Waals surface area (Å²) in [7, 11) is 0. The van der Waals surface area contributed by atoms with E-state index in [-0.39, 0.29) is 11.8 Å². The zero-order chi connectivity index (χ0) is 19.8. The number of aromatic nitrogens is 2. The van der Waals surface area contributed by atoms with Crippen molar-refractivity contribution in [1.82, 2.24) is 19.8 Å². The maximum Gasteiger partial charge on any atom is 0.318 e. The van der Waals surface area contributed by atoms with Gasteiger partial charge in [0.1, 0.15) is 24.7 Å². The van der Waals surface area contributed by atoms with Crippen LogP contribution in [-0.4, -0.2) is 66.4 Å². The number of carbonyl (C=O) groups excluding carboxylic acids is 1. The molecule has 0 bridgehead atoms. The second-order valence-electron chi connectivity index (χ2n) is 6.93. The lowest BCUT2D eigenvalue weighted by Gasteiger charge is -2.28. The Balaban J connectivity index is 1.67. The van der Waals surface area contributed by atoms with Crippen molar-refractivity contribution in [2.45, 2.75) is 20.0 Å². The van der Waals surface area contributed by atoms with Gasteiger partial charge in [-0.1, -0.05) is 18.2 Å². The lowest BCUT2D eigenvalue weighted by molar-refractivity contribution is -0.907. The van der Waals surface area contributed by atoms with Gasteiger partial charge in [0.2, 0.25) is 0 Å². The Morgan fingerprint density at radius 3 is 2.89 bits per heavy atom. The fourth-order valence-corrected chi connectivity index (χ4v) is 3.34. The number of quaternary nitrogens is 1. The molecule has 2 N–H and O–H groups in total. The Labute approximate surface area is 165 Å². The van der Waals surface area contributed by atoms with E-state index in [2.05, 4.69) is 10.3 Å². The zero-order valence-electron chi connectivity index (χ0n) is 16.4. The van der Waals surface area contributed by atoms with E-state index in [4.69, 9.17) is 4.74 Å². The number of halogens is 1. The molecule has 1 aliphatic heterocycles. The minimum Gasteiger partial charge on any atom is -0.370 e. The monoisotopic (exact) mass is 390 g/mol. The summed E-state index contributed by atoms with van der Waals surface area (Å²) in [6.45, 7) is 8.22. The summed E-state index contributed by atoms with van der Waals surface area (Å²) in [5.74, 6) is 0.505. The first kappa shape index (κ1) is 20.3. The highest BCUT2D eigenvalue weighted by molar-refractivity contribution is 5.74. The van der Waals surface area contributed by atoms with Crippen molar-refractivity contribution in [2.75, 3.05) is 45.9 Å². The normalized spacial score (nSPS) is 14.8. The molecule has 0 radical (unpaired) electrons. The molecule has 1 aromatic carbocycles. The topological polar surface area (TPSA) is 63.8 Å². The second-order valence-corrected chi connectivity index (χ2v) is 6.93. The molecule has 0 aliphatic carbocycles.